The van der Waals surface area contributed by atoms with Gasteiger partial charge in [-0.25, -0.2) is 14.8 Å². The van der Waals surface area contributed by atoms with Crippen molar-refractivity contribution >= 4 is 17.6 Å². The van der Waals surface area contributed by atoms with E-state index in [9.17, 15) is 4.79 Å². The molecule has 2 fully saturated rings. The highest BCUT2D eigenvalue weighted by molar-refractivity contribution is 6.00. The van der Waals surface area contributed by atoms with Crippen molar-refractivity contribution < 1.29 is 14.4 Å². The maximum atomic E-state index is 12.1. The molecule has 0 spiro atoms. The average Bonchev–Trinajstić information content (AvgIpc) is 3.16. The number of nitrogen functional groups attached to an aromatic ring is 1. The molecule has 1 heterocycles. The van der Waals surface area contributed by atoms with Crippen LogP contribution in [0.4, 0.5) is 5.82 Å². The molecule has 3 unspecified atom stereocenters. The highest BCUT2D eigenvalue weighted by atomic mass is 16.7. The number of hydrogen-bond acceptors (Lipinski definition) is 7. The van der Waals surface area contributed by atoms with E-state index < -0.39 is 0 Å². The minimum atomic E-state index is -0.310. The topological polar surface area (TPSA) is 126 Å². The molecule has 2 aliphatic carbocycles. The Balaban J connectivity index is 1.64. The zero-order chi connectivity index (χ0) is 16.4. The third-order valence-corrected chi connectivity index (χ3v) is 4.69. The first-order valence-corrected chi connectivity index (χ1v) is 7.73. The molecule has 0 saturated heterocycles. The van der Waals surface area contributed by atoms with E-state index in [-0.39, 0.29) is 30.1 Å². The molecule has 0 aliphatic heterocycles. The Morgan fingerprint density at radius 1 is 1.43 bits per heavy atom. The molecule has 3 rings (SSSR count). The van der Waals surface area contributed by atoms with Crippen molar-refractivity contribution in [3.05, 3.63) is 17.6 Å². The molecule has 0 radical (unpaired) electrons. The predicted molar refractivity (Wildman–Crippen MR) is 82.9 cm³/mol. The van der Waals surface area contributed by atoms with Crippen molar-refractivity contribution in [2.45, 2.75) is 32.3 Å². The number of carbonyl (C=O) groups is 1. The van der Waals surface area contributed by atoms with Crippen molar-refractivity contribution in [3.8, 4) is 0 Å². The molecule has 8 nitrogen and oxygen atoms in total. The van der Waals surface area contributed by atoms with E-state index >= 15 is 0 Å². The summed E-state index contributed by atoms with van der Waals surface area (Å²) in [7, 11) is 1.54. The third-order valence-electron chi connectivity index (χ3n) is 4.69. The largest absolute Gasteiger partial charge is 0.383 e. The summed E-state index contributed by atoms with van der Waals surface area (Å²) in [5, 5.41) is 3.71. The second-order valence-corrected chi connectivity index (χ2v) is 6.19. The standard InChI is InChI=1S/C15H21N5O3/c1-22-7-12-18-6-11(13(16)19-12)14(17)20-23-15(21)10-5-8-2-3-9(10)4-8/h6,8-10H,2-5,7H2,1H3,(H2,17,20)(H2,16,18,19). The molecule has 2 bridgehead atoms. The number of rotatable bonds is 5. The van der Waals surface area contributed by atoms with E-state index in [0.29, 0.717) is 23.2 Å². The summed E-state index contributed by atoms with van der Waals surface area (Å²) in [6.07, 6.45) is 5.80. The van der Waals surface area contributed by atoms with Crippen molar-refractivity contribution in [3.63, 3.8) is 0 Å². The predicted octanol–water partition coefficient (Wildman–Crippen LogP) is 0.805. The summed E-state index contributed by atoms with van der Waals surface area (Å²) in [5.41, 5.74) is 12.0. The van der Waals surface area contributed by atoms with Gasteiger partial charge in [0, 0.05) is 13.3 Å². The van der Waals surface area contributed by atoms with Crippen molar-refractivity contribution in [1.29, 1.82) is 0 Å². The van der Waals surface area contributed by atoms with Crippen LogP contribution in [0.5, 0.6) is 0 Å². The zero-order valence-corrected chi connectivity index (χ0v) is 13.1. The fourth-order valence-corrected chi connectivity index (χ4v) is 3.57. The Bertz CT molecular complexity index is 634. The van der Waals surface area contributed by atoms with E-state index in [1.807, 2.05) is 0 Å². The van der Waals surface area contributed by atoms with Gasteiger partial charge >= 0.3 is 5.97 Å². The van der Waals surface area contributed by atoms with Crippen LogP contribution in [0.25, 0.3) is 0 Å². The van der Waals surface area contributed by atoms with Gasteiger partial charge < -0.3 is 21.0 Å². The summed E-state index contributed by atoms with van der Waals surface area (Å²) < 4.78 is 4.93. The lowest BCUT2D eigenvalue weighted by Gasteiger charge is -2.18. The van der Waals surface area contributed by atoms with Crippen LogP contribution in [0.2, 0.25) is 0 Å². The van der Waals surface area contributed by atoms with E-state index in [1.54, 1.807) is 7.11 Å². The van der Waals surface area contributed by atoms with E-state index in [2.05, 4.69) is 15.1 Å². The van der Waals surface area contributed by atoms with Gasteiger partial charge in [-0.2, -0.15) is 0 Å². The quantitative estimate of drug-likeness (QED) is 0.356. The summed E-state index contributed by atoms with van der Waals surface area (Å²) in [6.45, 7) is 0.251. The number of nitrogens with zero attached hydrogens (tertiary/aromatic N) is 3. The fourth-order valence-electron chi connectivity index (χ4n) is 3.57. The number of fused-ring (bicyclic) bond motifs is 2. The Kier molecular flexibility index (Phi) is 4.42. The van der Waals surface area contributed by atoms with Crippen molar-refractivity contribution in [2.75, 3.05) is 12.8 Å². The fraction of sp³-hybridized carbons (Fsp3) is 0.600. The number of methoxy groups -OCH3 is 1. The van der Waals surface area contributed by atoms with E-state index in [4.69, 9.17) is 21.0 Å². The second kappa shape index (κ2) is 6.49. The third kappa shape index (κ3) is 3.26. The lowest BCUT2D eigenvalue weighted by atomic mass is 9.89. The van der Waals surface area contributed by atoms with Gasteiger partial charge in [-0.15, -0.1) is 0 Å². The number of oxime groups is 1. The lowest BCUT2D eigenvalue weighted by molar-refractivity contribution is -0.150. The molecule has 1 aromatic heterocycles. The van der Waals surface area contributed by atoms with Crippen LogP contribution in [0.15, 0.2) is 11.4 Å². The molecule has 3 atom stereocenters. The molecule has 0 aromatic carbocycles. The van der Waals surface area contributed by atoms with Gasteiger partial charge in [0.05, 0.1) is 11.5 Å². The first-order valence-electron chi connectivity index (χ1n) is 7.73. The van der Waals surface area contributed by atoms with Gasteiger partial charge in [-0.3, -0.25) is 0 Å². The minimum absolute atomic E-state index is 0.0111. The highest BCUT2D eigenvalue weighted by Crippen LogP contribution is 2.48. The van der Waals surface area contributed by atoms with Gasteiger partial charge in [0.25, 0.3) is 0 Å². The van der Waals surface area contributed by atoms with Gasteiger partial charge in [0.15, 0.2) is 11.7 Å². The van der Waals surface area contributed by atoms with Crippen molar-refractivity contribution in [1.82, 2.24) is 9.97 Å². The molecule has 2 aliphatic rings. The van der Waals surface area contributed by atoms with Crippen LogP contribution < -0.4 is 11.5 Å². The van der Waals surface area contributed by atoms with Crippen LogP contribution in [-0.2, 0) is 21.0 Å². The molecule has 1 aromatic rings. The molecule has 2 saturated carbocycles. The molecular formula is C15H21N5O3. The number of amidine groups is 1. The maximum Gasteiger partial charge on any atom is 0.338 e. The molecule has 124 valence electrons. The molecular weight excluding hydrogens is 298 g/mol. The lowest BCUT2D eigenvalue weighted by Crippen LogP contribution is -2.24. The van der Waals surface area contributed by atoms with Crippen LogP contribution in [0.3, 0.4) is 0 Å². The first-order chi connectivity index (χ1) is 11.1. The Morgan fingerprint density at radius 2 is 2.26 bits per heavy atom. The Hall–Kier alpha value is -2.22. The molecule has 23 heavy (non-hydrogen) atoms. The van der Waals surface area contributed by atoms with E-state index in [0.717, 1.165) is 19.3 Å². The Morgan fingerprint density at radius 3 is 2.87 bits per heavy atom. The Labute approximate surface area is 134 Å². The number of anilines is 1. The zero-order valence-electron chi connectivity index (χ0n) is 13.1. The summed E-state index contributed by atoms with van der Waals surface area (Å²) in [4.78, 5) is 25.3. The van der Waals surface area contributed by atoms with Gasteiger partial charge in [0.1, 0.15) is 12.4 Å². The number of nitrogens with two attached hydrogens (primary N) is 2. The van der Waals surface area contributed by atoms with Crippen LogP contribution >= 0.6 is 0 Å². The van der Waals surface area contributed by atoms with Crippen molar-refractivity contribution in [2.24, 2.45) is 28.6 Å². The number of carbonyl (C=O) groups excluding carboxylic acids is 1. The normalized spacial score (nSPS) is 26.5. The van der Waals surface area contributed by atoms with Gasteiger partial charge in [0.2, 0.25) is 0 Å². The summed E-state index contributed by atoms with van der Waals surface area (Å²) in [6, 6.07) is 0. The SMILES string of the molecule is COCc1ncc(/C(N)=N/OC(=O)C2CC3CCC2C3)c(N)n1. The monoisotopic (exact) mass is 319 g/mol. The number of hydrogen-bond donors (Lipinski definition) is 2. The van der Waals surface area contributed by atoms with Crippen LogP contribution in [-0.4, -0.2) is 28.9 Å². The molecule has 0 amide bonds. The van der Waals surface area contributed by atoms with Gasteiger partial charge in [-0.1, -0.05) is 11.6 Å². The van der Waals surface area contributed by atoms with E-state index in [1.165, 1.54) is 12.6 Å². The summed E-state index contributed by atoms with van der Waals surface area (Å²) >= 11 is 0. The minimum Gasteiger partial charge on any atom is -0.383 e. The van der Waals surface area contributed by atoms with Gasteiger partial charge in [-0.05, 0) is 31.1 Å². The average molecular weight is 319 g/mol. The van der Waals surface area contributed by atoms with Crippen LogP contribution in [0, 0.1) is 17.8 Å². The second-order valence-electron chi connectivity index (χ2n) is 6.19. The number of aromatic nitrogens is 2. The summed E-state index contributed by atoms with van der Waals surface area (Å²) in [5.74, 6) is 1.34. The number of ether oxygens (including phenoxy) is 1. The smallest absolute Gasteiger partial charge is 0.338 e. The maximum absolute atomic E-state index is 12.1. The highest BCUT2D eigenvalue weighted by Gasteiger charge is 2.44. The van der Waals surface area contributed by atoms with Crippen LogP contribution in [0.1, 0.15) is 37.1 Å². The first kappa shape index (κ1) is 15.7. The molecule has 8 heteroatoms. The molecule has 4 N–H and O–H groups in total.